The summed E-state index contributed by atoms with van der Waals surface area (Å²) in [6.45, 7) is 2.53. The van der Waals surface area contributed by atoms with Gasteiger partial charge in [0.2, 0.25) is 10.0 Å². The quantitative estimate of drug-likeness (QED) is 0.789. The van der Waals surface area contributed by atoms with Crippen molar-refractivity contribution < 1.29 is 8.42 Å². The highest BCUT2D eigenvalue weighted by atomic mass is 32.2. The minimum atomic E-state index is -3.22. The zero-order valence-electron chi connectivity index (χ0n) is 12.1. The third-order valence-electron chi connectivity index (χ3n) is 3.33. The van der Waals surface area contributed by atoms with Gasteiger partial charge in [-0.25, -0.2) is 8.42 Å². The lowest BCUT2D eigenvalue weighted by molar-refractivity contribution is 0.410. The van der Waals surface area contributed by atoms with E-state index in [1.54, 1.807) is 19.3 Å². The number of hydrogen-bond acceptors (Lipinski definition) is 3. The molecule has 1 heterocycles. The average Bonchev–Trinajstić information content (AvgIpc) is 2.53. The van der Waals surface area contributed by atoms with Crippen molar-refractivity contribution in [2.75, 3.05) is 12.3 Å². The molecule has 1 aromatic heterocycles. The largest absolute Gasteiger partial charge is 0.264 e. The Morgan fingerprint density at radius 3 is 2.38 bits per heavy atom. The minimum absolute atomic E-state index is 0.113. The fourth-order valence-electron chi connectivity index (χ4n) is 2.09. The lowest BCUT2D eigenvalue weighted by atomic mass is 10.1. The summed E-state index contributed by atoms with van der Waals surface area (Å²) in [7, 11) is -3.22. The third-order valence-corrected chi connectivity index (χ3v) is 5.16. The summed E-state index contributed by atoms with van der Waals surface area (Å²) in [4.78, 5) is 4.04. The lowest BCUT2D eigenvalue weighted by Crippen LogP contribution is -2.33. The number of aromatic nitrogens is 1. The second kappa shape index (κ2) is 7.33. The molecule has 0 spiro atoms. The van der Waals surface area contributed by atoms with E-state index in [2.05, 4.69) is 4.98 Å². The molecule has 0 aliphatic rings. The van der Waals surface area contributed by atoms with Crippen molar-refractivity contribution in [1.29, 1.82) is 0 Å². The van der Waals surface area contributed by atoms with Gasteiger partial charge in [-0.3, -0.25) is 4.98 Å². The Kier molecular flexibility index (Phi) is 5.47. The van der Waals surface area contributed by atoms with Crippen LogP contribution in [0.5, 0.6) is 0 Å². The van der Waals surface area contributed by atoms with E-state index in [1.807, 2.05) is 42.5 Å². The smallest absolute Gasteiger partial charge is 0.214 e. The van der Waals surface area contributed by atoms with Gasteiger partial charge in [0.1, 0.15) is 0 Å². The van der Waals surface area contributed by atoms with E-state index in [0.29, 0.717) is 19.5 Å². The van der Waals surface area contributed by atoms with Crippen LogP contribution in [0.2, 0.25) is 0 Å². The summed E-state index contributed by atoms with van der Waals surface area (Å²) >= 11 is 0. The lowest BCUT2D eigenvalue weighted by Gasteiger charge is -2.21. The molecule has 0 aliphatic heterocycles. The predicted octanol–water partition coefficient (Wildman–Crippen LogP) is 2.48. The van der Waals surface area contributed by atoms with E-state index in [0.717, 1.165) is 11.1 Å². The SMILES string of the molecule is CCS(=O)(=O)N(CCc1ccccc1)Cc1cccnc1. The number of nitrogens with zero attached hydrogens (tertiary/aromatic N) is 2. The Hall–Kier alpha value is -1.72. The first-order valence-corrected chi connectivity index (χ1v) is 8.63. The van der Waals surface area contributed by atoms with Gasteiger partial charge in [0.05, 0.1) is 5.75 Å². The van der Waals surface area contributed by atoms with Gasteiger partial charge in [-0.15, -0.1) is 0 Å². The van der Waals surface area contributed by atoms with Crippen LogP contribution in [-0.4, -0.2) is 30.0 Å². The van der Waals surface area contributed by atoms with Crippen molar-refractivity contribution in [2.24, 2.45) is 0 Å². The van der Waals surface area contributed by atoms with Gasteiger partial charge >= 0.3 is 0 Å². The monoisotopic (exact) mass is 304 g/mol. The molecule has 0 saturated heterocycles. The number of benzene rings is 1. The fraction of sp³-hybridized carbons (Fsp3) is 0.312. The topological polar surface area (TPSA) is 50.3 Å². The average molecular weight is 304 g/mol. The number of hydrogen-bond donors (Lipinski definition) is 0. The van der Waals surface area contributed by atoms with Crippen LogP contribution in [0, 0.1) is 0 Å². The van der Waals surface area contributed by atoms with E-state index in [1.165, 1.54) is 4.31 Å². The summed E-state index contributed by atoms with van der Waals surface area (Å²) in [5, 5.41) is 0. The first-order chi connectivity index (χ1) is 10.1. The first-order valence-electron chi connectivity index (χ1n) is 7.02. The maximum Gasteiger partial charge on any atom is 0.214 e. The van der Waals surface area contributed by atoms with Crippen LogP contribution in [0.25, 0.3) is 0 Å². The third kappa shape index (κ3) is 4.65. The Morgan fingerprint density at radius 1 is 1.05 bits per heavy atom. The molecular formula is C16H20N2O2S. The Balaban J connectivity index is 2.10. The Labute approximate surface area is 126 Å². The number of pyridine rings is 1. The minimum Gasteiger partial charge on any atom is -0.264 e. The first kappa shape index (κ1) is 15.7. The second-order valence-electron chi connectivity index (χ2n) is 4.83. The predicted molar refractivity (Wildman–Crippen MR) is 84.3 cm³/mol. The highest BCUT2D eigenvalue weighted by Gasteiger charge is 2.20. The second-order valence-corrected chi connectivity index (χ2v) is 7.09. The Bertz CT molecular complexity index is 642. The molecule has 0 radical (unpaired) electrons. The zero-order valence-corrected chi connectivity index (χ0v) is 13.0. The molecule has 112 valence electrons. The standard InChI is InChI=1S/C16H20N2O2S/c1-2-21(19,20)18(14-16-9-6-11-17-13-16)12-10-15-7-4-3-5-8-15/h3-9,11,13H,2,10,12,14H2,1H3. The van der Waals surface area contributed by atoms with Gasteiger partial charge < -0.3 is 0 Å². The highest BCUT2D eigenvalue weighted by molar-refractivity contribution is 7.89. The molecular weight excluding hydrogens is 284 g/mol. The molecule has 0 atom stereocenters. The van der Waals surface area contributed by atoms with Crippen LogP contribution in [0.15, 0.2) is 54.9 Å². The van der Waals surface area contributed by atoms with E-state index in [4.69, 9.17) is 0 Å². The summed E-state index contributed by atoms with van der Waals surface area (Å²) in [5.41, 5.74) is 2.04. The van der Waals surface area contributed by atoms with Crippen LogP contribution in [0.1, 0.15) is 18.1 Å². The molecule has 2 aromatic rings. The van der Waals surface area contributed by atoms with E-state index >= 15 is 0 Å². The molecule has 0 amide bonds. The van der Waals surface area contributed by atoms with Crippen molar-refractivity contribution in [2.45, 2.75) is 19.9 Å². The van der Waals surface area contributed by atoms with Crippen LogP contribution < -0.4 is 0 Å². The Morgan fingerprint density at radius 2 is 1.76 bits per heavy atom. The molecule has 0 aliphatic carbocycles. The van der Waals surface area contributed by atoms with Crippen molar-refractivity contribution in [3.8, 4) is 0 Å². The summed E-state index contributed by atoms with van der Waals surface area (Å²) in [6, 6.07) is 13.6. The maximum absolute atomic E-state index is 12.2. The molecule has 0 unspecified atom stereocenters. The molecule has 4 nitrogen and oxygen atoms in total. The zero-order chi connectivity index (χ0) is 15.1. The molecule has 0 fully saturated rings. The van der Waals surface area contributed by atoms with Crippen LogP contribution >= 0.6 is 0 Å². The number of sulfonamides is 1. The summed E-state index contributed by atoms with van der Waals surface area (Å²) < 4.78 is 26.0. The van der Waals surface area contributed by atoms with Crippen molar-refractivity contribution in [3.05, 3.63) is 66.0 Å². The van der Waals surface area contributed by atoms with Crippen molar-refractivity contribution >= 4 is 10.0 Å². The number of rotatable bonds is 7. The maximum atomic E-state index is 12.2. The van der Waals surface area contributed by atoms with Crippen LogP contribution in [-0.2, 0) is 23.0 Å². The fourth-order valence-corrected chi connectivity index (χ4v) is 3.17. The van der Waals surface area contributed by atoms with Crippen molar-refractivity contribution in [1.82, 2.24) is 9.29 Å². The molecule has 0 bridgehead atoms. The molecule has 5 heteroatoms. The normalized spacial score (nSPS) is 11.7. The van der Waals surface area contributed by atoms with Gasteiger partial charge in [-0.2, -0.15) is 4.31 Å². The van der Waals surface area contributed by atoms with Crippen molar-refractivity contribution in [3.63, 3.8) is 0 Å². The van der Waals surface area contributed by atoms with E-state index in [9.17, 15) is 8.42 Å². The molecule has 1 aromatic carbocycles. The molecule has 0 N–H and O–H groups in total. The molecule has 0 saturated carbocycles. The van der Waals surface area contributed by atoms with E-state index in [-0.39, 0.29) is 5.75 Å². The van der Waals surface area contributed by atoms with Gasteiger partial charge in [-0.05, 0) is 30.5 Å². The van der Waals surface area contributed by atoms with Gasteiger partial charge in [0.25, 0.3) is 0 Å². The van der Waals surface area contributed by atoms with Gasteiger partial charge in [0, 0.05) is 25.5 Å². The van der Waals surface area contributed by atoms with Crippen LogP contribution in [0.4, 0.5) is 0 Å². The highest BCUT2D eigenvalue weighted by Crippen LogP contribution is 2.11. The molecule has 21 heavy (non-hydrogen) atoms. The summed E-state index contributed by atoms with van der Waals surface area (Å²) in [6.07, 6.45) is 4.10. The molecule has 2 rings (SSSR count). The van der Waals surface area contributed by atoms with Gasteiger partial charge in [-0.1, -0.05) is 36.4 Å². The van der Waals surface area contributed by atoms with Crippen LogP contribution in [0.3, 0.4) is 0 Å². The van der Waals surface area contributed by atoms with E-state index < -0.39 is 10.0 Å². The summed E-state index contributed by atoms with van der Waals surface area (Å²) in [5.74, 6) is 0.113. The van der Waals surface area contributed by atoms with Gasteiger partial charge in [0.15, 0.2) is 0 Å².